The highest BCUT2D eigenvalue weighted by Gasteiger charge is 2.13. The molecule has 0 aliphatic rings. The van der Waals surface area contributed by atoms with Crippen LogP contribution in [0.15, 0.2) is 53.7 Å². The van der Waals surface area contributed by atoms with Gasteiger partial charge in [0.2, 0.25) is 0 Å². The second kappa shape index (κ2) is 5.60. The average Bonchev–Trinajstić information content (AvgIpc) is 3.02. The van der Waals surface area contributed by atoms with Gasteiger partial charge in [-0.05, 0) is 23.8 Å². The van der Waals surface area contributed by atoms with Gasteiger partial charge in [0.15, 0.2) is 5.65 Å². The fraction of sp³-hybridized carbons (Fsp3) is 0. The number of nitrogens with zero attached hydrogens (tertiary/aromatic N) is 4. The zero-order chi connectivity index (χ0) is 17.6. The molecule has 0 bridgehead atoms. The Bertz CT molecular complexity index is 1180. The van der Waals surface area contributed by atoms with Crippen molar-refractivity contribution in [2.24, 2.45) is 5.73 Å². The van der Waals surface area contributed by atoms with Crippen molar-refractivity contribution in [1.29, 1.82) is 0 Å². The van der Waals surface area contributed by atoms with Gasteiger partial charge < -0.3 is 5.73 Å². The van der Waals surface area contributed by atoms with Gasteiger partial charge in [0.05, 0.1) is 17.1 Å². The molecule has 0 saturated carbocycles. The summed E-state index contributed by atoms with van der Waals surface area (Å²) < 4.78 is 2.58. The standard InChI is InChI=1S/C16H11ClN6O2/c17-10-3-1-9(2-4-10)11-8-20-23-13-5-6-22(21-16(18)25)15(24)12(13)7-19-14(11)23/h1-8H,(H3,18,21,25). The number of benzene rings is 1. The molecule has 0 aliphatic heterocycles. The van der Waals surface area contributed by atoms with Crippen LogP contribution in [0.4, 0.5) is 4.79 Å². The predicted octanol–water partition coefficient (Wildman–Crippen LogP) is 1.99. The van der Waals surface area contributed by atoms with Crippen molar-refractivity contribution in [3.8, 4) is 11.1 Å². The van der Waals surface area contributed by atoms with Crippen LogP contribution in [0.5, 0.6) is 0 Å². The summed E-state index contributed by atoms with van der Waals surface area (Å²) in [6, 6.07) is 8.14. The van der Waals surface area contributed by atoms with Crippen LogP contribution in [0.1, 0.15) is 0 Å². The Morgan fingerprint density at radius 3 is 2.64 bits per heavy atom. The number of nitrogens with one attached hydrogen (secondary N) is 1. The molecule has 9 heteroatoms. The van der Waals surface area contributed by atoms with Crippen molar-refractivity contribution >= 4 is 34.2 Å². The van der Waals surface area contributed by atoms with E-state index >= 15 is 0 Å². The van der Waals surface area contributed by atoms with E-state index in [0.717, 1.165) is 15.8 Å². The van der Waals surface area contributed by atoms with E-state index in [1.807, 2.05) is 12.1 Å². The number of urea groups is 1. The van der Waals surface area contributed by atoms with Crippen molar-refractivity contribution in [2.45, 2.75) is 0 Å². The maximum absolute atomic E-state index is 12.4. The molecule has 1 aromatic carbocycles. The minimum atomic E-state index is -0.834. The van der Waals surface area contributed by atoms with Crippen molar-refractivity contribution in [2.75, 3.05) is 5.43 Å². The van der Waals surface area contributed by atoms with Crippen LogP contribution in [0, 0.1) is 0 Å². The summed E-state index contributed by atoms with van der Waals surface area (Å²) in [5, 5.41) is 5.28. The zero-order valence-corrected chi connectivity index (χ0v) is 13.4. The van der Waals surface area contributed by atoms with Gasteiger partial charge in [-0.3, -0.25) is 4.79 Å². The maximum atomic E-state index is 12.4. The molecule has 0 fully saturated rings. The van der Waals surface area contributed by atoms with Crippen LogP contribution in [0.25, 0.3) is 27.7 Å². The van der Waals surface area contributed by atoms with E-state index in [-0.39, 0.29) is 0 Å². The van der Waals surface area contributed by atoms with Gasteiger partial charge in [0, 0.05) is 23.0 Å². The molecule has 124 valence electrons. The third kappa shape index (κ3) is 2.48. The molecule has 3 aromatic heterocycles. The Morgan fingerprint density at radius 1 is 1.16 bits per heavy atom. The lowest BCUT2D eigenvalue weighted by molar-refractivity contribution is 0.257. The highest BCUT2D eigenvalue weighted by Crippen LogP contribution is 2.26. The largest absolute Gasteiger partial charge is 0.350 e. The lowest BCUT2D eigenvalue weighted by Crippen LogP contribution is -2.35. The van der Waals surface area contributed by atoms with Gasteiger partial charge in [0.1, 0.15) is 0 Å². The number of primary amides is 1. The second-order valence-electron chi connectivity index (χ2n) is 5.32. The molecular formula is C16H11ClN6O2. The first-order valence-corrected chi connectivity index (χ1v) is 7.63. The highest BCUT2D eigenvalue weighted by molar-refractivity contribution is 6.30. The number of carbonyl (C=O) groups excluding carboxylic acids is 1. The van der Waals surface area contributed by atoms with Crippen molar-refractivity contribution < 1.29 is 4.79 Å². The number of hydrogen-bond acceptors (Lipinski definition) is 4. The quantitative estimate of drug-likeness (QED) is 0.574. The summed E-state index contributed by atoms with van der Waals surface area (Å²) in [7, 11) is 0. The van der Waals surface area contributed by atoms with Gasteiger partial charge in [0.25, 0.3) is 5.56 Å². The highest BCUT2D eigenvalue weighted by atomic mass is 35.5. The van der Waals surface area contributed by atoms with Crippen LogP contribution < -0.4 is 16.7 Å². The SMILES string of the molecule is NC(=O)Nn1ccc2c(cnc3c(-c4ccc(Cl)cc4)cnn32)c1=O. The summed E-state index contributed by atoms with van der Waals surface area (Å²) >= 11 is 5.93. The lowest BCUT2D eigenvalue weighted by atomic mass is 10.1. The number of fused-ring (bicyclic) bond motifs is 3. The molecule has 0 saturated heterocycles. The zero-order valence-electron chi connectivity index (χ0n) is 12.7. The Kier molecular flexibility index (Phi) is 3.40. The Balaban J connectivity index is 1.94. The summed E-state index contributed by atoms with van der Waals surface area (Å²) in [6.45, 7) is 0. The van der Waals surface area contributed by atoms with E-state index in [4.69, 9.17) is 17.3 Å². The number of amides is 2. The first-order chi connectivity index (χ1) is 12.0. The van der Waals surface area contributed by atoms with E-state index in [1.54, 1.807) is 28.9 Å². The summed E-state index contributed by atoms with van der Waals surface area (Å²) in [5.74, 6) is 0. The lowest BCUT2D eigenvalue weighted by Gasteiger charge is -2.07. The number of hydrogen-bond donors (Lipinski definition) is 2. The van der Waals surface area contributed by atoms with Crippen LogP contribution in [0.3, 0.4) is 0 Å². The third-order valence-electron chi connectivity index (χ3n) is 3.78. The average molecular weight is 355 g/mol. The molecule has 25 heavy (non-hydrogen) atoms. The van der Waals surface area contributed by atoms with Crippen LogP contribution in [0.2, 0.25) is 5.02 Å². The second-order valence-corrected chi connectivity index (χ2v) is 5.76. The van der Waals surface area contributed by atoms with Crippen LogP contribution >= 0.6 is 11.6 Å². The molecule has 8 nitrogen and oxygen atoms in total. The molecular weight excluding hydrogens is 344 g/mol. The van der Waals surface area contributed by atoms with Crippen molar-refractivity contribution in [1.82, 2.24) is 19.3 Å². The number of nitrogens with two attached hydrogens (primary N) is 1. The molecule has 0 aliphatic carbocycles. The van der Waals surface area contributed by atoms with E-state index in [2.05, 4.69) is 15.5 Å². The molecule has 0 atom stereocenters. The minimum absolute atomic E-state index is 0.300. The van der Waals surface area contributed by atoms with Crippen LogP contribution in [-0.2, 0) is 0 Å². The molecule has 2 amide bonds. The van der Waals surface area contributed by atoms with Gasteiger partial charge in [-0.25, -0.2) is 24.4 Å². The van der Waals surface area contributed by atoms with E-state index < -0.39 is 11.6 Å². The summed E-state index contributed by atoms with van der Waals surface area (Å²) in [6.07, 6.45) is 4.55. The number of pyridine rings is 1. The van der Waals surface area contributed by atoms with E-state index in [1.165, 1.54) is 12.4 Å². The van der Waals surface area contributed by atoms with Gasteiger partial charge >= 0.3 is 6.03 Å². The first-order valence-electron chi connectivity index (χ1n) is 7.25. The topological polar surface area (TPSA) is 107 Å². The molecule has 0 radical (unpaired) electrons. The van der Waals surface area contributed by atoms with Gasteiger partial charge in [-0.15, -0.1) is 0 Å². The Hall–Kier alpha value is -3.39. The number of carbonyl (C=O) groups is 1. The normalized spacial score (nSPS) is 11.1. The van der Waals surface area contributed by atoms with E-state index in [0.29, 0.717) is 21.6 Å². The number of rotatable bonds is 2. The van der Waals surface area contributed by atoms with Gasteiger partial charge in [-0.2, -0.15) is 5.10 Å². The van der Waals surface area contributed by atoms with Crippen LogP contribution in [-0.4, -0.2) is 25.3 Å². The maximum Gasteiger partial charge on any atom is 0.331 e. The molecule has 0 spiro atoms. The fourth-order valence-electron chi connectivity index (χ4n) is 2.66. The van der Waals surface area contributed by atoms with Crippen molar-refractivity contribution in [3.63, 3.8) is 0 Å². The molecule has 4 aromatic rings. The van der Waals surface area contributed by atoms with Gasteiger partial charge in [-0.1, -0.05) is 23.7 Å². The first kappa shape index (κ1) is 15.2. The number of halogens is 1. The fourth-order valence-corrected chi connectivity index (χ4v) is 2.78. The molecule has 4 rings (SSSR count). The molecule has 0 unspecified atom stereocenters. The Labute approximate surface area is 145 Å². The molecule has 3 heterocycles. The van der Waals surface area contributed by atoms with Crippen molar-refractivity contribution in [3.05, 3.63) is 64.3 Å². The van der Waals surface area contributed by atoms with E-state index in [9.17, 15) is 9.59 Å². The monoisotopic (exact) mass is 354 g/mol. The predicted molar refractivity (Wildman–Crippen MR) is 94.1 cm³/mol. The smallest absolute Gasteiger partial charge is 0.331 e. The minimum Gasteiger partial charge on any atom is -0.350 e. The number of aromatic nitrogens is 4. The Morgan fingerprint density at radius 2 is 1.92 bits per heavy atom. The molecule has 3 N–H and O–H groups in total. The summed E-state index contributed by atoms with van der Waals surface area (Å²) in [4.78, 5) is 27.7. The third-order valence-corrected chi connectivity index (χ3v) is 4.03. The summed E-state index contributed by atoms with van der Waals surface area (Å²) in [5.41, 5.74) is 9.73.